The Morgan fingerprint density at radius 1 is 1.29 bits per heavy atom. The Morgan fingerprint density at radius 2 is 2.14 bits per heavy atom. The van der Waals surface area contributed by atoms with Crippen LogP contribution in [-0.2, 0) is 0 Å². The molecule has 0 radical (unpaired) electrons. The van der Waals surface area contributed by atoms with Gasteiger partial charge in [-0.25, -0.2) is 9.97 Å². The van der Waals surface area contributed by atoms with Crippen molar-refractivity contribution in [3.8, 4) is 6.07 Å². The van der Waals surface area contributed by atoms with Crippen LogP contribution in [0.5, 0.6) is 0 Å². The number of fused-ring (bicyclic) bond motifs is 1. The van der Waals surface area contributed by atoms with E-state index in [-0.39, 0.29) is 5.89 Å². The maximum Gasteiger partial charge on any atom is 0.239 e. The number of oxazole rings is 1. The van der Waals surface area contributed by atoms with Crippen LogP contribution in [0.4, 0.5) is 5.82 Å². The molecule has 3 aromatic rings. The lowest BCUT2D eigenvalue weighted by Gasteiger charge is -1.99. The number of nitrogens with one attached hydrogen (secondary N) is 1. The van der Waals surface area contributed by atoms with Crippen molar-refractivity contribution in [2.75, 3.05) is 5.32 Å². The number of pyridine rings is 1. The normalized spacial score (nSPS) is 11.3. The van der Waals surface area contributed by atoms with Gasteiger partial charge in [0.15, 0.2) is 5.58 Å². The largest absolute Gasteiger partial charge is 0.435 e. The van der Waals surface area contributed by atoms with E-state index in [2.05, 4.69) is 37.3 Å². The van der Waals surface area contributed by atoms with Crippen molar-refractivity contribution in [2.24, 2.45) is 0 Å². The summed E-state index contributed by atoms with van der Waals surface area (Å²) in [6.45, 7) is 0. The van der Waals surface area contributed by atoms with Crippen LogP contribution in [0.2, 0.25) is 0 Å². The molecule has 0 saturated carbocycles. The highest BCUT2D eigenvalue weighted by molar-refractivity contribution is 9.10. The van der Waals surface area contributed by atoms with E-state index in [1.54, 1.807) is 12.3 Å². The molecule has 1 aromatic carbocycles. The smallest absolute Gasteiger partial charge is 0.239 e. The fraction of sp³-hybridized carbons (Fsp3) is 0. The topological polar surface area (TPSA) is 74.7 Å². The molecule has 0 aliphatic heterocycles. The molecule has 0 aliphatic carbocycles. The average Bonchev–Trinajstić information content (AvgIpc) is 2.93. The van der Waals surface area contributed by atoms with Gasteiger partial charge in [-0.05, 0) is 40.2 Å². The van der Waals surface area contributed by atoms with Crippen molar-refractivity contribution >= 4 is 38.4 Å². The Balaban J connectivity index is 1.89. The molecule has 0 aliphatic rings. The van der Waals surface area contributed by atoms with Gasteiger partial charge in [0.05, 0.1) is 0 Å². The summed E-state index contributed by atoms with van der Waals surface area (Å²) in [5.41, 5.74) is 1.67. The van der Waals surface area contributed by atoms with Crippen LogP contribution in [-0.4, -0.2) is 9.97 Å². The summed E-state index contributed by atoms with van der Waals surface area (Å²) in [5.74, 6) is 0.908. The number of benzene rings is 1. The molecule has 0 spiro atoms. The number of hydrogen-bond acceptors (Lipinski definition) is 5. The third-order valence-electron chi connectivity index (χ3n) is 2.74. The van der Waals surface area contributed by atoms with Crippen molar-refractivity contribution in [3.63, 3.8) is 0 Å². The lowest BCUT2D eigenvalue weighted by molar-refractivity contribution is 0.586. The van der Waals surface area contributed by atoms with Crippen molar-refractivity contribution in [2.45, 2.75) is 0 Å². The first-order valence-corrected chi connectivity index (χ1v) is 6.90. The summed E-state index contributed by atoms with van der Waals surface area (Å²) in [6.07, 6.45) is 3.20. The van der Waals surface area contributed by atoms with Crippen molar-refractivity contribution in [1.29, 1.82) is 5.26 Å². The molecule has 0 atom stereocenters. The van der Waals surface area contributed by atoms with E-state index >= 15 is 0 Å². The Bertz CT molecular complexity index is 813. The molecule has 6 heteroatoms. The van der Waals surface area contributed by atoms with Crippen LogP contribution in [0.3, 0.4) is 0 Å². The second-order valence-electron chi connectivity index (χ2n) is 4.16. The lowest BCUT2D eigenvalue weighted by Crippen LogP contribution is -1.93. The van der Waals surface area contributed by atoms with Crippen molar-refractivity contribution in [1.82, 2.24) is 9.97 Å². The summed E-state index contributed by atoms with van der Waals surface area (Å²) in [6, 6.07) is 13.1. The predicted octanol–water partition coefficient (Wildman–Crippen LogP) is 3.96. The van der Waals surface area contributed by atoms with Gasteiger partial charge in [-0.15, -0.1) is 0 Å². The molecule has 0 bridgehead atoms. The number of para-hydroxylation sites is 2. The Hall–Kier alpha value is -2.65. The van der Waals surface area contributed by atoms with Crippen LogP contribution < -0.4 is 5.32 Å². The van der Waals surface area contributed by atoms with E-state index in [1.807, 2.05) is 30.3 Å². The molecule has 0 amide bonds. The molecule has 0 fully saturated rings. The van der Waals surface area contributed by atoms with Gasteiger partial charge < -0.3 is 9.73 Å². The summed E-state index contributed by atoms with van der Waals surface area (Å²) < 4.78 is 6.44. The molecule has 102 valence electrons. The molecule has 1 N–H and O–H groups in total. The third-order valence-corrected chi connectivity index (χ3v) is 3.21. The fourth-order valence-corrected chi connectivity index (χ4v) is 1.97. The summed E-state index contributed by atoms with van der Waals surface area (Å²) in [4.78, 5) is 8.44. The monoisotopic (exact) mass is 340 g/mol. The molecule has 2 aromatic heterocycles. The second-order valence-corrected chi connectivity index (χ2v) is 5.08. The number of nitrogens with zero attached hydrogens (tertiary/aromatic N) is 3. The average molecular weight is 341 g/mol. The van der Waals surface area contributed by atoms with Gasteiger partial charge in [0.25, 0.3) is 0 Å². The van der Waals surface area contributed by atoms with Gasteiger partial charge in [-0.2, -0.15) is 5.26 Å². The number of aromatic nitrogens is 2. The number of allylic oxidation sites excluding steroid dienone is 1. The van der Waals surface area contributed by atoms with Crippen molar-refractivity contribution < 1.29 is 4.42 Å². The van der Waals surface area contributed by atoms with Crippen LogP contribution in [0, 0.1) is 11.3 Å². The summed E-state index contributed by atoms with van der Waals surface area (Å²) >= 11 is 3.31. The van der Waals surface area contributed by atoms with Gasteiger partial charge in [0.1, 0.15) is 23.0 Å². The zero-order chi connectivity index (χ0) is 14.7. The minimum Gasteiger partial charge on any atom is -0.435 e. The minimum absolute atomic E-state index is 0.281. The van der Waals surface area contributed by atoms with Gasteiger partial charge in [-0.1, -0.05) is 12.1 Å². The summed E-state index contributed by atoms with van der Waals surface area (Å²) in [7, 11) is 0. The zero-order valence-corrected chi connectivity index (χ0v) is 12.3. The highest BCUT2D eigenvalue weighted by atomic mass is 79.9. The van der Waals surface area contributed by atoms with E-state index in [9.17, 15) is 5.26 Å². The SMILES string of the molecule is N#C/C(=C\Nc1ccc(Br)cn1)c1nc2ccccc2o1. The second kappa shape index (κ2) is 5.77. The fourth-order valence-electron chi connectivity index (χ4n) is 1.74. The van der Waals surface area contributed by atoms with E-state index in [0.29, 0.717) is 17.0 Å². The first-order valence-electron chi connectivity index (χ1n) is 6.10. The van der Waals surface area contributed by atoms with Gasteiger partial charge in [0, 0.05) is 16.9 Å². The van der Waals surface area contributed by atoms with E-state index in [4.69, 9.17) is 4.42 Å². The van der Waals surface area contributed by atoms with Gasteiger partial charge in [-0.3, -0.25) is 0 Å². The first kappa shape index (κ1) is 13.3. The molecular formula is C15H9BrN4O. The molecular weight excluding hydrogens is 332 g/mol. The number of rotatable bonds is 3. The summed E-state index contributed by atoms with van der Waals surface area (Å²) in [5, 5.41) is 12.2. The first-order chi connectivity index (χ1) is 10.3. The Morgan fingerprint density at radius 3 is 2.86 bits per heavy atom. The molecule has 2 heterocycles. The van der Waals surface area contributed by atoms with E-state index in [0.717, 1.165) is 9.99 Å². The number of hydrogen-bond donors (Lipinski definition) is 1. The van der Waals surface area contributed by atoms with Crippen molar-refractivity contribution in [3.05, 3.63) is 59.2 Å². The van der Waals surface area contributed by atoms with Crippen LogP contribution in [0.1, 0.15) is 5.89 Å². The third kappa shape index (κ3) is 2.93. The minimum atomic E-state index is 0.281. The lowest BCUT2D eigenvalue weighted by atomic mass is 10.3. The number of anilines is 1. The maximum atomic E-state index is 9.24. The Kier molecular flexibility index (Phi) is 3.67. The molecule has 0 unspecified atom stereocenters. The Labute approximate surface area is 129 Å². The van der Waals surface area contributed by atoms with Gasteiger partial charge in [0.2, 0.25) is 5.89 Å². The standard InChI is InChI=1S/C15H9BrN4O/c16-11-5-6-14(19-9-11)18-8-10(7-17)15-20-12-3-1-2-4-13(12)21-15/h1-6,8-9H,(H,18,19)/b10-8+. The van der Waals surface area contributed by atoms with Crippen LogP contribution in [0.25, 0.3) is 16.7 Å². The maximum absolute atomic E-state index is 9.24. The predicted molar refractivity (Wildman–Crippen MR) is 83.2 cm³/mol. The molecule has 5 nitrogen and oxygen atoms in total. The van der Waals surface area contributed by atoms with Crippen LogP contribution >= 0.6 is 15.9 Å². The molecule has 3 rings (SSSR count). The quantitative estimate of drug-likeness (QED) is 0.730. The highest BCUT2D eigenvalue weighted by Crippen LogP contribution is 2.20. The van der Waals surface area contributed by atoms with Crippen LogP contribution in [0.15, 0.2) is 57.7 Å². The molecule has 0 saturated heterocycles. The highest BCUT2D eigenvalue weighted by Gasteiger charge is 2.10. The van der Waals surface area contributed by atoms with E-state index in [1.165, 1.54) is 6.20 Å². The van der Waals surface area contributed by atoms with Gasteiger partial charge >= 0.3 is 0 Å². The molecule has 21 heavy (non-hydrogen) atoms. The number of halogens is 1. The number of nitriles is 1. The van der Waals surface area contributed by atoms with E-state index < -0.39 is 0 Å². The zero-order valence-electron chi connectivity index (χ0n) is 10.7.